The van der Waals surface area contributed by atoms with Crippen LogP contribution in [-0.4, -0.2) is 15.3 Å². The van der Waals surface area contributed by atoms with Gasteiger partial charge in [0.2, 0.25) is 5.91 Å². The van der Waals surface area contributed by atoms with Gasteiger partial charge in [-0.2, -0.15) is 13.2 Å². The highest BCUT2D eigenvalue weighted by Gasteiger charge is 2.30. The Labute approximate surface area is 148 Å². The topological polar surface area (TPSA) is 46.4 Å². The number of fused-ring (bicyclic) bond motifs is 1. The third kappa shape index (κ3) is 4.04. The largest absolute Gasteiger partial charge is 0.416 e. The Bertz CT molecular complexity index is 931. The lowest BCUT2D eigenvalue weighted by molar-refractivity contribution is -0.137. The van der Waals surface area contributed by atoms with Crippen LogP contribution in [0.2, 0.25) is 0 Å². The van der Waals surface area contributed by atoms with Gasteiger partial charge in [-0.15, -0.1) is 0 Å². The summed E-state index contributed by atoms with van der Waals surface area (Å²) in [5, 5.41) is 2.67. The van der Waals surface area contributed by atoms with Crippen molar-refractivity contribution >= 4 is 11.6 Å². The van der Waals surface area contributed by atoms with Gasteiger partial charge in [0, 0.05) is 24.9 Å². The molecule has 1 N–H and O–H groups in total. The molecule has 2 heterocycles. The van der Waals surface area contributed by atoms with E-state index in [0.29, 0.717) is 12.0 Å². The summed E-state index contributed by atoms with van der Waals surface area (Å²) < 4.78 is 40.1. The van der Waals surface area contributed by atoms with Crippen molar-refractivity contribution in [3.05, 3.63) is 71.2 Å². The molecule has 2 aromatic heterocycles. The first-order valence-corrected chi connectivity index (χ1v) is 8.20. The standard InChI is InChI=1S/C19H18F3N3O/c1-13-16(25-10-3-2-7-17(25)24-13)8-9-18(26)23-12-14-5-4-6-15(11-14)19(20,21)22/h2-7,10-11H,8-9,12H2,1H3,(H,23,26). The molecular formula is C19H18F3N3O. The number of halogens is 3. The molecule has 3 aromatic rings. The number of hydrogen-bond acceptors (Lipinski definition) is 2. The first-order valence-electron chi connectivity index (χ1n) is 8.20. The number of rotatable bonds is 5. The summed E-state index contributed by atoms with van der Waals surface area (Å²) in [6.45, 7) is 1.96. The van der Waals surface area contributed by atoms with Gasteiger partial charge < -0.3 is 9.72 Å². The Balaban J connectivity index is 1.59. The van der Waals surface area contributed by atoms with Gasteiger partial charge in [-0.3, -0.25) is 4.79 Å². The number of hydrogen-bond donors (Lipinski definition) is 1. The predicted octanol–water partition coefficient (Wildman–Crippen LogP) is 3.91. The minimum Gasteiger partial charge on any atom is -0.352 e. The molecule has 3 rings (SSSR count). The molecule has 26 heavy (non-hydrogen) atoms. The summed E-state index contributed by atoms with van der Waals surface area (Å²) >= 11 is 0. The van der Waals surface area contributed by atoms with Crippen molar-refractivity contribution < 1.29 is 18.0 Å². The van der Waals surface area contributed by atoms with Crippen molar-refractivity contribution in [2.24, 2.45) is 0 Å². The van der Waals surface area contributed by atoms with E-state index >= 15 is 0 Å². The first kappa shape index (κ1) is 18.0. The Hall–Kier alpha value is -2.83. The fourth-order valence-corrected chi connectivity index (χ4v) is 2.84. The zero-order chi connectivity index (χ0) is 18.7. The molecule has 7 heteroatoms. The van der Waals surface area contributed by atoms with Crippen LogP contribution in [0, 0.1) is 6.92 Å². The molecular weight excluding hydrogens is 343 g/mol. The van der Waals surface area contributed by atoms with Crippen molar-refractivity contribution in [3.63, 3.8) is 0 Å². The monoisotopic (exact) mass is 361 g/mol. The highest BCUT2D eigenvalue weighted by atomic mass is 19.4. The number of carbonyl (C=O) groups excluding carboxylic acids is 1. The summed E-state index contributed by atoms with van der Waals surface area (Å²) in [6.07, 6.45) is -1.75. The SMILES string of the molecule is Cc1nc2ccccn2c1CCC(=O)NCc1cccc(C(F)(F)F)c1. The third-order valence-corrected chi connectivity index (χ3v) is 4.16. The van der Waals surface area contributed by atoms with Crippen LogP contribution in [0.15, 0.2) is 48.7 Å². The Kier molecular flexibility index (Phi) is 4.97. The highest BCUT2D eigenvalue weighted by molar-refractivity contribution is 5.76. The van der Waals surface area contributed by atoms with Gasteiger partial charge in [-0.25, -0.2) is 4.98 Å². The Morgan fingerprint density at radius 2 is 2.00 bits per heavy atom. The van der Waals surface area contributed by atoms with Crippen LogP contribution >= 0.6 is 0 Å². The van der Waals surface area contributed by atoms with Gasteiger partial charge >= 0.3 is 6.18 Å². The van der Waals surface area contributed by atoms with Crippen molar-refractivity contribution in [2.75, 3.05) is 0 Å². The van der Waals surface area contributed by atoms with Crippen LogP contribution in [0.25, 0.3) is 5.65 Å². The van der Waals surface area contributed by atoms with Crippen LogP contribution in [0.5, 0.6) is 0 Å². The smallest absolute Gasteiger partial charge is 0.352 e. The maximum atomic E-state index is 12.7. The van der Waals surface area contributed by atoms with E-state index in [9.17, 15) is 18.0 Å². The van der Waals surface area contributed by atoms with E-state index in [1.807, 2.05) is 35.7 Å². The van der Waals surface area contributed by atoms with E-state index in [-0.39, 0.29) is 18.9 Å². The molecule has 136 valence electrons. The van der Waals surface area contributed by atoms with Crippen molar-refractivity contribution in [2.45, 2.75) is 32.5 Å². The van der Waals surface area contributed by atoms with Gasteiger partial charge in [-0.05, 0) is 43.2 Å². The molecule has 0 radical (unpaired) electrons. The van der Waals surface area contributed by atoms with Gasteiger partial charge in [0.05, 0.1) is 11.3 Å². The van der Waals surface area contributed by atoms with Crippen LogP contribution in [0.1, 0.15) is 28.9 Å². The number of aryl methyl sites for hydroxylation is 2. The fourth-order valence-electron chi connectivity index (χ4n) is 2.84. The lowest BCUT2D eigenvalue weighted by Gasteiger charge is -2.10. The van der Waals surface area contributed by atoms with E-state index < -0.39 is 11.7 Å². The molecule has 0 saturated carbocycles. The number of pyridine rings is 1. The number of aromatic nitrogens is 2. The third-order valence-electron chi connectivity index (χ3n) is 4.16. The number of nitrogens with one attached hydrogen (secondary N) is 1. The number of nitrogens with zero attached hydrogens (tertiary/aromatic N) is 2. The second-order valence-corrected chi connectivity index (χ2v) is 6.05. The zero-order valence-electron chi connectivity index (χ0n) is 14.2. The molecule has 0 aliphatic heterocycles. The normalized spacial score (nSPS) is 11.7. The molecule has 0 unspecified atom stereocenters. The average molecular weight is 361 g/mol. The minimum absolute atomic E-state index is 0.0644. The number of alkyl halides is 3. The van der Waals surface area contributed by atoms with Crippen LogP contribution in [0.3, 0.4) is 0 Å². The molecule has 4 nitrogen and oxygen atoms in total. The van der Waals surface area contributed by atoms with Crippen LogP contribution < -0.4 is 5.32 Å². The molecule has 0 spiro atoms. The Morgan fingerprint density at radius 1 is 1.19 bits per heavy atom. The minimum atomic E-state index is -4.39. The van der Waals surface area contributed by atoms with Crippen LogP contribution in [-0.2, 0) is 23.9 Å². The summed E-state index contributed by atoms with van der Waals surface area (Å²) in [5.41, 5.74) is 2.34. The van der Waals surface area contributed by atoms with Gasteiger partial charge in [0.1, 0.15) is 5.65 Å². The van der Waals surface area contributed by atoms with Gasteiger partial charge in [-0.1, -0.05) is 18.2 Å². The Morgan fingerprint density at radius 3 is 2.77 bits per heavy atom. The molecule has 0 aliphatic carbocycles. The lowest BCUT2D eigenvalue weighted by Crippen LogP contribution is -2.23. The summed E-state index contributed by atoms with van der Waals surface area (Å²) in [4.78, 5) is 16.5. The van der Waals surface area contributed by atoms with Crippen LogP contribution in [0.4, 0.5) is 13.2 Å². The van der Waals surface area contributed by atoms with E-state index in [4.69, 9.17) is 0 Å². The average Bonchev–Trinajstić information content (AvgIpc) is 2.93. The summed E-state index contributed by atoms with van der Waals surface area (Å²) in [5.74, 6) is -0.215. The number of imidazole rings is 1. The second kappa shape index (κ2) is 7.19. The van der Waals surface area contributed by atoms with Gasteiger partial charge in [0.25, 0.3) is 0 Å². The maximum absolute atomic E-state index is 12.7. The van der Waals surface area contributed by atoms with Crippen molar-refractivity contribution in [1.82, 2.24) is 14.7 Å². The van der Waals surface area contributed by atoms with Crippen molar-refractivity contribution in [1.29, 1.82) is 0 Å². The van der Waals surface area contributed by atoms with E-state index in [2.05, 4.69) is 10.3 Å². The van der Waals surface area contributed by atoms with E-state index in [1.165, 1.54) is 6.07 Å². The number of carbonyl (C=O) groups is 1. The molecule has 0 saturated heterocycles. The molecule has 0 atom stereocenters. The molecule has 0 aliphatic rings. The zero-order valence-corrected chi connectivity index (χ0v) is 14.2. The first-order chi connectivity index (χ1) is 12.3. The second-order valence-electron chi connectivity index (χ2n) is 6.05. The number of amides is 1. The highest BCUT2D eigenvalue weighted by Crippen LogP contribution is 2.29. The quantitative estimate of drug-likeness (QED) is 0.749. The number of benzene rings is 1. The van der Waals surface area contributed by atoms with E-state index in [0.717, 1.165) is 29.2 Å². The van der Waals surface area contributed by atoms with Gasteiger partial charge in [0.15, 0.2) is 0 Å². The molecule has 1 amide bonds. The lowest BCUT2D eigenvalue weighted by atomic mass is 10.1. The maximum Gasteiger partial charge on any atom is 0.416 e. The molecule has 0 fully saturated rings. The predicted molar refractivity (Wildman–Crippen MR) is 91.5 cm³/mol. The summed E-state index contributed by atoms with van der Waals surface area (Å²) in [7, 11) is 0. The fraction of sp³-hybridized carbons (Fsp3) is 0.263. The van der Waals surface area contributed by atoms with E-state index in [1.54, 1.807) is 6.07 Å². The molecule has 1 aromatic carbocycles. The molecule has 0 bridgehead atoms. The summed E-state index contributed by atoms with van der Waals surface area (Å²) in [6, 6.07) is 10.6. The van der Waals surface area contributed by atoms with Crippen molar-refractivity contribution in [3.8, 4) is 0 Å².